The maximum atomic E-state index is 13.7. The molecule has 6 N–H and O–H groups in total. The molecule has 1 aromatic heterocycles. The van der Waals surface area contributed by atoms with Gasteiger partial charge in [0.25, 0.3) is 5.91 Å². The van der Waals surface area contributed by atoms with E-state index in [0.717, 1.165) is 88.6 Å². The van der Waals surface area contributed by atoms with E-state index in [2.05, 4.69) is 30.8 Å². The zero-order chi connectivity index (χ0) is 32.7. The fraction of sp³-hybridized carbons (Fsp3) is 0.758. The first kappa shape index (κ1) is 35.5. The number of hydrogen-bond donors (Lipinski definition) is 5. The number of carbonyl (C=O) groups is 5. The third-order valence-corrected chi connectivity index (χ3v) is 9.77. The van der Waals surface area contributed by atoms with Gasteiger partial charge in [-0.25, -0.2) is 4.98 Å². The third kappa shape index (κ3) is 11.2. The van der Waals surface area contributed by atoms with Crippen molar-refractivity contribution in [3.63, 3.8) is 0 Å². The highest BCUT2D eigenvalue weighted by molar-refractivity contribution is 6.07. The molecule has 5 amide bonds. The summed E-state index contributed by atoms with van der Waals surface area (Å²) in [7, 11) is 0. The Kier molecular flexibility index (Phi) is 14.5. The number of hydrogen-bond acceptors (Lipinski definition) is 8. The molecule has 1 saturated heterocycles. The molecule has 2 saturated carbocycles. The second-order valence-electron chi connectivity index (χ2n) is 13.3. The summed E-state index contributed by atoms with van der Waals surface area (Å²) in [6.07, 6.45) is 18.0. The highest BCUT2D eigenvalue weighted by Crippen LogP contribution is 2.29. The lowest BCUT2D eigenvalue weighted by Crippen LogP contribution is -2.56. The zero-order valence-electron chi connectivity index (χ0n) is 27.3. The van der Waals surface area contributed by atoms with Crippen molar-refractivity contribution in [3.05, 3.63) is 18.2 Å². The Morgan fingerprint density at radius 2 is 1.46 bits per heavy atom. The molecule has 0 spiro atoms. The molecule has 4 rings (SSSR count). The number of nitrogens with one attached hydrogen (secondary N) is 4. The van der Waals surface area contributed by atoms with Crippen LogP contribution in [0.4, 0.5) is 0 Å². The van der Waals surface area contributed by atoms with Gasteiger partial charge in [0.05, 0.1) is 19.1 Å². The highest BCUT2D eigenvalue weighted by Gasteiger charge is 2.38. The first-order valence-corrected chi connectivity index (χ1v) is 17.5. The fourth-order valence-electron chi connectivity index (χ4n) is 7.14. The Labute approximate surface area is 272 Å². The van der Waals surface area contributed by atoms with Crippen molar-refractivity contribution in [3.8, 4) is 0 Å². The molecule has 1 aliphatic heterocycles. The SMILES string of the molecule is N[C@@H](CC1CCCCC1)C(=O)NCC(=O)NCC(=O)N(C(=O)c1ncc[nH]1)[C@@H](CC1CCCCC1)C(=O)NCCN1CCCCC1. The van der Waals surface area contributed by atoms with Crippen molar-refractivity contribution < 1.29 is 24.0 Å². The monoisotopic (exact) mass is 642 g/mol. The van der Waals surface area contributed by atoms with Crippen molar-refractivity contribution in [1.82, 2.24) is 35.7 Å². The topological polar surface area (TPSA) is 183 Å². The van der Waals surface area contributed by atoms with Crippen LogP contribution >= 0.6 is 0 Å². The van der Waals surface area contributed by atoms with Gasteiger partial charge < -0.3 is 31.6 Å². The van der Waals surface area contributed by atoms with Crippen molar-refractivity contribution in [2.45, 2.75) is 108 Å². The number of amides is 5. The minimum atomic E-state index is -1.05. The van der Waals surface area contributed by atoms with Crippen LogP contribution in [-0.4, -0.2) is 101 Å². The third-order valence-electron chi connectivity index (χ3n) is 9.77. The van der Waals surface area contributed by atoms with Gasteiger partial charge in [0, 0.05) is 25.5 Å². The van der Waals surface area contributed by atoms with Crippen LogP contribution in [0.2, 0.25) is 0 Å². The number of H-pyrrole nitrogens is 1. The van der Waals surface area contributed by atoms with E-state index >= 15 is 0 Å². The summed E-state index contributed by atoms with van der Waals surface area (Å²) < 4.78 is 0. The van der Waals surface area contributed by atoms with Gasteiger partial charge in [-0.05, 0) is 50.6 Å². The van der Waals surface area contributed by atoms with E-state index in [-0.39, 0.29) is 24.2 Å². The Morgan fingerprint density at radius 3 is 2.09 bits per heavy atom. The molecule has 1 aromatic rings. The number of rotatable bonds is 15. The molecular formula is C33H54N8O5. The molecule has 3 fully saturated rings. The summed E-state index contributed by atoms with van der Waals surface area (Å²) in [5, 5.41) is 8.07. The van der Waals surface area contributed by atoms with Crippen LogP contribution in [0, 0.1) is 11.8 Å². The van der Waals surface area contributed by atoms with Gasteiger partial charge >= 0.3 is 0 Å². The van der Waals surface area contributed by atoms with Gasteiger partial charge in [-0.1, -0.05) is 70.6 Å². The van der Waals surface area contributed by atoms with Gasteiger partial charge in [-0.3, -0.25) is 28.9 Å². The Balaban J connectivity index is 1.38. The molecule has 0 unspecified atom stereocenters. The molecule has 2 aliphatic carbocycles. The van der Waals surface area contributed by atoms with Crippen LogP contribution in [0.3, 0.4) is 0 Å². The molecule has 13 heteroatoms. The predicted octanol–water partition coefficient (Wildman–Crippen LogP) is 1.85. The van der Waals surface area contributed by atoms with Crippen molar-refractivity contribution in [1.29, 1.82) is 0 Å². The predicted molar refractivity (Wildman–Crippen MR) is 173 cm³/mol. The zero-order valence-corrected chi connectivity index (χ0v) is 27.3. The van der Waals surface area contributed by atoms with Crippen molar-refractivity contribution in [2.75, 3.05) is 39.3 Å². The van der Waals surface area contributed by atoms with Gasteiger partial charge in [0.2, 0.25) is 23.6 Å². The van der Waals surface area contributed by atoms with Crippen LogP contribution in [0.1, 0.15) is 107 Å². The van der Waals surface area contributed by atoms with E-state index in [4.69, 9.17) is 5.73 Å². The first-order valence-electron chi connectivity index (χ1n) is 17.5. The van der Waals surface area contributed by atoms with Gasteiger partial charge in [0.1, 0.15) is 6.04 Å². The molecule has 0 aromatic carbocycles. The molecule has 13 nitrogen and oxygen atoms in total. The minimum absolute atomic E-state index is 0.0614. The lowest BCUT2D eigenvalue weighted by atomic mass is 9.84. The second kappa shape index (κ2) is 18.7. The molecule has 0 bridgehead atoms. The standard InChI is InChI=1S/C33H54N8O5/c34-26(20-24-10-4-1-5-11-24)31(44)39-22-28(42)38-23-29(43)41(33(46)30-35-14-15-36-30)27(21-25-12-6-2-7-13-25)32(45)37-16-19-40-17-8-3-9-18-40/h14-15,24-27H,1-13,16-23,34H2,(H,35,36)(H,37,45)(H,38,42)(H,39,44)/t26-,27-/m0/s1. The van der Waals surface area contributed by atoms with Gasteiger partial charge in [-0.2, -0.15) is 0 Å². The lowest BCUT2D eigenvalue weighted by Gasteiger charge is -2.33. The normalized spacial score (nSPS) is 19.5. The molecule has 3 aliphatic rings. The van der Waals surface area contributed by atoms with E-state index in [0.29, 0.717) is 31.8 Å². The molecule has 0 radical (unpaired) electrons. The lowest BCUT2D eigenvalue weighted by molar-refractivity contribution is -0.138. The molecule has 46 heavy (non-hydrogen) atoms. The number of aromatic nitrogens is 2. The number of nitrogens with two attached hydrogens (primary N) is 1. The van der Waals surface area contributed by atoms with E-state index < -0.39 is 42.3 Å². The first-order chi connectivity index (χ1) is 22.3. The number of nitrogens with zero attached hydrogens (tertiary/aromatic N) is 3. The molecule has 2 heterocycles. The average molecular weight is 643 g/mol. The highest BCUT2D eigenvalue weighted by atomic mass is 16.2. The maximum absolute atomic E-state index is 13.7. The summed E-state index contributed by atoms with van der Waals surface area (Å²) in [4.78, 5) is 76.4. The number of aromatic amines is 1. The number of piperidine rings is 1. The van der Waals surface area contributed by atoms with Crippen molar-refractivity contribution in [2.24, 2.45) is 17.6 Å². The van der Waals surface area contributed by atoms with E-state index in [9.17, 15) is 24.0 Å². The fourth-order valence-corrected chi connectivity index (χ4v) is 7.14. The number of imidazole rings is 1. The minimum Gasteiger partial charge on any atom is -0.353 e. The van der Waals surface area contributed by atoms with E-state index in [1.807, 2.05) is 0 Å². The maximum Gasteiger partial charge on any atom is 0.297 e. The Hall–Kier alpha value is -3.32. The Bertz CT molecular complexity index is 1130. The summed E-state index contributed by atoms with van der Waals surface area (Å²) in [5.74, 6) is -2.28. The summed E-state index contributed by atoms with van der Waals surface area (Å²) in [6, 6.07) is -1.75. The molecule has 2 atom stereocenters. The molecular weight excluding hydrogens is 588 g/mol. The molecule has 256 valence electrons. The number of carbonyl (C=O) groups excluding carboxylic acids is 5. The number of likely N-dealkylation sites (tertiary alicyclic amines) is 1. The van der Waals surface area contributed by atoms with Gasteiger partial charge in [0.15, 0.2) is 5.82 Å². The summed E-state index contributed by atoms with van der Waals surface area (Å²) in [6.45, 7) is 2.24. The second-order valence-corrected chi connectivity index (χ2v) is 13.3. The number of imide groups is 1. The van der Waals surface area contributed by atoms with Gasteiger partial charge in [-0.15, -0.1) is 0 Å². The van der Waals surface area contributed by atoms with Crippen LogP contribution in [0.5, 0.6) is 0 Å². The van der Waals surface area contributed by atoms with Crippen LogP contribution in [-0.2, 0) is 19.2 Å². The Morgan fingerprint density at radius 1 is 0.826 bits per heavy atom. The van der Waals surface area contributed by atoms with Crippen LogP contribution < -0.4 is 21.7 Å². The van der Waals surface area contributed by atoms with E-state index in [1.54, 1.807) is 0 Å². The summed E-state index contributed by atoms with van der Waals surface area (Å²) >= 11 is 0. The summed E-state index contributed by atoms with van der Waals surface area (Å²) in [5.41, 5.74) is 6.10. The van der Waals surface area contributed by atoms with E-state index in [1.165, 1.54) is 25.2 Å². The van der Waals surface area contributed by atoms with Crippen molar-refractivity contribution >= 4 is 29.5 Å². The van der Waals surface area contributed by atoms with Crippen LogP contribution in [0.25, 0.3) is 0 Å². The largest absolute Gasteiger partial charge is 0.353 e. The average Bonchev–Trinajstić information content (AvgIpc) is 3.63. The van der Waals surface area contributed by atoms with Crippen LogP contribution in [0.15, 0.2) is 12.4 Å². The quantitative estimate of drug-likeness (QED) is 0.192. The smallest absolute Gasteiger partial charge is 0.297 e.